The fourth-order valence-corrected chi connectivity index (χ4v) is 4.39. The number of carbonyl (C=O) groups is 2. The van der Waals surface area contributed by atoms with Crippen molar-refractivity contribution in [2.24, 2.45) is 0 Å². The van der Waals surface area contributed by atoms with Gasteiger partial charge in [-0.05, 0) is 51.7 Å². The Kier molecular flexibility index (Phi) is 8.18. The number of hydrogen-bond acceptors (Lipinski definition) is 5. The van der Waals surface area contributed by atoms with Gasteiger partial charge in [-0.25, -0.2) is 0 Å². The average molecular weight is 431 g/mol. The van der Waals surface area contributed by atoms with Gasteiger partial charge in [0.25, 0.3) is 5.91 Å². The molecule has 31 heavy (non-hydrogen) atoms. The minimum atomic E-state index is -0.627. The number of fused-ring (bicyclic) bond motifs is 1. The van der Waals surface area contributed by atoms with Crippen LogP contribution in [0.3, 0.4) is 0 Å². The zero-order chi connectivity index (χ0) is 22.4. The summed E-state index contributed by atoms with van der Waals surface area (Å²) in [4.78, 5) is 30.1. The van der Waals surface area contributed by atoms with Crippen LogP contribution < -0.4 is 20.3 Å². The van der Waals surface area contributed by atoms with Crippen LogP contribution in [0.2, 0.25) is 0 Å². The molecule has 3 rings (SSSR count). The lowest BCUT2D eigenvalue weighted by Gasteiger charge is -2.37. The highest BCUT2D eigenvalue weighted by Gasteiger charge is 2.32. The van der Waals surface area contributed by atoms with Crippen molar-refractivity contribution in [1.82, 2.24) is 15.5 Å². The Labute approximate surface area is 186 Å². The highest BCUT2D eigenvalue weighted by molar-refractivity contribution is 5.86. The number of benzene rings is 1. The largest absolute Gasteiger partial charge is 0.477 e. The van der Waals surface area contributed by atoms with Crippen molar-refractivity contribution in [3.8, 4) is 5.75 Å². The number of para-hydroxylation sites is 2. The molecule has 0 spiro atoms. The van der Waals surface area contributed by atoms with Gasteiger partial charge in [0.2, 0.25) is 5.91 Å². The Bertz CT molecular complexity index is 742. The van der Waals surface area contributed by atoms with Crippen molar-refractivity contribution in [2.75, 3.05) is 31.1 Å². The predicted molar refractivity (Wildman–Crippen MR) is 123 cm³/mol. The van der Waals surface area contributed by atoms with Gasteiger partial charge in [0.1, 0.15) is 5.75 Å². The molecule has 0 bridgehead atoms. The molecule has 0 aromatic heterocycles. The molecule has 1 fully saturated rings. The summed E-state index contributed by atoms with van der Waals surface area (Å²) in [5, 5.41) is 6.28. The molecule has 2 heterocycles. The third-order valence-corrected chi connectivity index (χ3v) is 6.45. The standard InChI is InChI=1S/C24H38N4O3/c1-5-18(6-2)26-24(30)22-15-28(20-9-7-8-10-21(20)31-22)16-23(29)25-19-11-13-27(14-12-19)17(3)4/h7-10,17-19,22H,5-6,11-16H2,1-4H3,(H,25,29)(H,26,30). The minimum Gasteiger partial charge on any atom is -0.477 e. The van der Waals surface area contributed by atoms with Gasteiger partial charge < -0.3 is 25.2 Å². The molecule has 0 saturated carbocycles. The number of anilines is 1. The number of carbonyl (C=O) groups excluding carboxylic acids is 2. The Morgan fingerprint density at radius 3 is 2.45 bits per heavy atom. The Morgan fingerprint density at radius 1 is 1.13 bits per heavy atom. The molecule has 2 N–H and O–H groups in total. The number of rotatable bonds is 8. The second-order valence-electron chi connectivity index (χ2n) is 8.95. The quantitative estimate of drug-likeness (QED) is 0.663. The molecule has 2 aliphatic heterocycles. The van der Waals surface area contributed by atoms with Crippen LogP contribution in [0.4, 0.5) is 5.69 Å². The van der Waals surface area contributed by atoms with Crippen LogP contribution in [0.5, 0.6) is 5.75 Å². The molecule has 1 aromatic rings. The number of amides is 2. The lowest BCUT2D eigenvalue weighted by atomic mass is 10.0. The van der Waals surface area contributed by atoms with Crippen LogP contribution >= 0.6 is 0 Å². The minimum absolute atomic E-state index is 0.00106. The summed E-state index contributed by atoms with van der Waals surface area (Å²) in [5.41, 5.74) is 0.860. The van der Waals surface area contributed by atoms with Gasteiger partial charge in [0.15, 0.2) is 6.10 Å². The number of nitrogens with zero attached hydrogens (tertiary/aromatic N) is 2. The highest BCUT2D eigenvalue weighted by Crippen LogP contribution is 2.33. The fraction of sp³-hybridized carbons (Fsp3) is 0.667. The van der Waals surface area contributed by atoms with Gasteiger partial charge in [0.05, 0.1) is 18.8 Å². The van der Waals surface area contributed by atoms with E-state index >= 15 is 0 Å². The lowest BCUT2D eigenvalue weighted by Crippen LogP contribution is -2.54. The number of piperidine rings is 1. The van der Waals surface area contributed by atoms with E-state index in [0.717, 1.165) is 44.5 Å². The van der Waals surface area contributed by atoms with Crippen LogP contribution in [-0.2, 0) is 9.59 Å². The SMILES string of the molecule is CCC(CC)NC(=O)C1CN(CC(=O)NC2CCN(C(C)C)CC2)c2ccccc2O1. The summed E-state index contributed by atoms with van der Waals surface area (Å²) in [5.74, 6) is 0.532. The van der Waals surface area contributed by atoms with E-state index in [4.69, 9.17) is 4.74 Å². The molecule has 1 atom stereocenters. The molecule has 1 aromatic carbocycles. The molecule has 0 radical (unpaired) electrons. The zero-order valence-corrected chi connectivity index (χ0v) is 19.4. The maximum atomic E-state index is 12.8. The van der Waals surface area contributed by atoms with Crippen LogP contribution in [0, 0.1) is 0 Å². The van der Waals surface area contributed by atoms with Crippen molar-refractivity contribution >= 4 is 17.5 Å². The number of likely N-dealkylation sites (tertiary alicyclic amines) is 1. The topological polar surface area (TPSA) is 73.9 Å². The molecule has 2 amide bonds. The van der Waals surface area contributed by atoms with Crippen LogP contribution in [0.25, 0.3) is 0 Å². The van der Waals surface area contributed by atoms with Crippen molar-refractivity contribution in [3.05, 3.63) is 24.3 Å². The van der Waals surface area contributed by atoms with Crippen LogP contribution in [-0.4, -0.2) is 67.1 Å². The number of hydrogen-bond donors (Lipinski definition) is 2. The van der Waals surface area contributed by atoms with E-state index in [1.807, 2.05) is 29.2 Å². The number of ether oxygens (including phenoxy) is 1. The maximum Gasteiger partial charge on any atom is 0.263 e. The number of nitrogens with one attached hydrogen (secondary N) is 2. The van der Waals surface area contributed by atoms with Gasteiger partial charge >= 0.3 is 0 Å². The Balaban J connectivity index is 1.61. The molecule has 1 saturated heterocycles. The van der Waals surface area contributed by atoms with E-state index in [9.17, 15) is 9.59 Å². The average Bonchev–Trinajstić information content (AvgIpc) is 2.77. The lowest BCUT2D eigenvalue weighted by molar-refractivity contribution is -0.129. The summed E-state index contributed by atoms with van der Waals surface area (Å²) < 4.78 is 5.99. The normalized spacial score (nSPS) is 19.8. The molecule has 7 heteroatoms. The van der Waals surface area contributed by atoms with Crippen molar-refractivity contribution in [2.45, 2.75) is 77.6 Å². The second-order valence-corrected chi connectivity index (χ2v) is 8.95. The molecule has 2 aliphatic rings. The van der Waals surface area contributed by atoms with Crippen molar-refractivity contribution < 1.29 is 14.3 Å². The fourth-order valence-electron chi connectivity index (χ4n) is 4.39. The first-order valence-electron chi connectivity index (χ1n) is 11.8. The zero-order valence-electron chi connectivity index (χ0n) is 19.4. The van der Waals surface area contributed by atoms with Gasteiger partial charge in [-0.1, -0.05) is 26.0 Å². The molecular formula is C24H38N4O3. The molecule has 0 aliphatic carbocycles. The third-order valence-electron chi connectivity index (χ3n) is 6.45. The van der Waals surface area contributed by atoms with Crippen molar-refractivity contribution in [3.63, 3.8) is 0 Å². The predicted octanol–water partition coefficient (Wildman–Crippen LogP) is 2.55. The first-order valence-corrected chi connectivity index (χ1v) is 11.8. The van der Waals surface area contributed by atoms with Gasteiger partial charge in [0, 0.05) is 31.2 Å². The summed E-state index contributed by atoms with van der Waals surface area (Å²) in [6.07, 6.45) is 3.09. The van der Waals surface area contributed by atoms with E-state index < -0.39 is 6.10 Å². The Hall–Kier alpha value is -2.28. The summed E-state index contributed by atoms with van der Waals surface area (Å²) in [6, 6.07) is 8.52. The van der Waals surface area contributed by atoms with E-state index in [0.29, 0.717) is 18.3 Å². The van der Waals surface area contributed by atoms with Crippen LogP contribution in [0.15, 0.2) is 24.3 Å². The first kappa shape index (κ1) is 23.4. The smallest absolute Gasteiger partial charge is 0.263 e. The first-order chi connectivity index (χ1) is 14.9. The van der Waals surface area contributed by atoms with E-state index in [2.05, 4.69) is 43.2 Å². The second kappa shape index (κ2) is 10.8. The van der Waals surface area contributed by atoms with Gasteiger partial charge in [-0.3, -0.25) is 9.59 Å². The molecule has 172 valence electrons. The molecule has 1 unspecified atom stereocenters. The summed E-state index contributed by atoms with van der Waals surface area (Å²) in [7, 11) is 0. The van der Waals surface area contributed by atoms with E-state index in [1.54, 1.807) is 0 Å². The molecule has 7 nitrogen and oxygen atoms in total. The monoisotopic (exact) mass is 430 g/mol. The summed E-state index contributed by atoms with van der Waals surface area (Å²) in [6.45, 7) is 11.2. The highest BCUT2D eigenvalue weighted by atomic mass is 16.5. The van der Waals surface area contributed by atoms with Crippen LogP contribution in [0.1, 0.15) is 53.4 Å². The van der Waals surface area contributed by atoms with Gasteiger partial charge in [-0.15, -0.1) is 0 Å². The van der Waals surface area contributed by atoms with E-state index in [-0.39, 0.29) is 30.4 Å². The molecular weight excluding hydrogens is 392 g/mol. The third kappa shape index (κ3) is 6.12. The maximum absolute atomic E-state index is 12.8. The Morgan fingerprint density at radius 2 is 1.81 bits per heavy atom. The van der Waals surface area contributed by atoms with Crippen molar-refractivity contribution in [1.29, 1.82) is 0 Å². The van der Waals surface area contributed by atoms with E-state index in [1.165, 1.54) is 0 Å². The van der Waals surface area contributed by atoms with Gasteiger partial charge in [-0.2, -0.15) is 0 Å². The summed E-state index contributed by atoms with van der Waals surface area (Å²) >= 11 is 0.